The summed E-state index contributed by atoms with van der Waals surface area (Å²) in [5.41, 5.74) is 6.39. The molecule has 1 amide bonds. The maximum Gasteiger partial charge on any atom is 0.264 e. The van der Waals surface area contributed by atoms with Gasteiger partial charge in [-0.2, -0.15) is 0 Å². The monoisotopic (exact) mass is 317 g/mol. The van der Waals surface area contributed by atoms with Crippen molar-refractivity contribution in [3.63, 3.8) is 0 Å². The van der Waals surface area contributed by atoms with E-state index in [0.29, 0.717) is 23.7 Å². The molecular weight excluding hydrogens is 298 g/mol. The number of piperidine rings is 1. The lowest BCUT2D eigenvalue weighted by atomic mass is 10.1. The molecule has 1 atom stereocenters. The fourth-order valence-corrected chi connectivity index (χ4v) is 4.02. The van der Waals surface area contributed by atoms with Crippen molar-refractivity contribution >= 4 is 33.0 Å². The minimum Gasteiger partial charge on any atom is -0.398 e. The van der Waals surface area contributed by atoms with Crippen LogP contribution in [0.25, 0.3) is 0 Å². The van der Waals surface area contributed by atoms with Gasteiger partial charge in [-0.1, -0.05) is 0 Å². The van der Waals surface area contributed by atoms with Crippen LogP contribution >= 0.6 is 11.3 Å². The first-order chi connectivity index (χ1) is 9.26. The van der Waals surface area contributed by atoms with Gasteiger partial charge >= 0.3 is 0 Å². The number of carbonyl (C=O) groups excluding carboxylic acids is 1. The fraction of sp³-hybridized carbons (Fsp3) is 0.583. The normalized spacial score (nSPS) is 20.1. The summed E-state index contributed by atoms with van der Waals surface area (Å²) in [6.45, 7) is 2.93. The molecule has 0 radical (unpaired) electrons. The largest absolute Gasteiger partial charge is 0.398 e. The average Bonchev–Trinajstić information content (AvgIpc) is 2.67. The Kier molecular flexibility index (Phi) is 4.36. The highest BCUT2D eigenvalue weighted by molar-refractivity contribution is 7.88. The van der Waals surface area contributed by atoms with Gasteiger partial charge in [0.1, 0.15) is 0 Å². The highest BCUT2D eigenvalue weighted by Crippen LogP contribution is 2.25. The highest BCUT2D eigenvalue weighted by atomic mass is 32.2. The molecule has 0 saturated carbocycles. The topological polar surface area (TPSA) is 92.5 Å². The minimum atomic E-state index is -3.25. The van der Waals surface area contributed by atoms with Crippen LogP contribution in [-0.4, -0.2) is 44.6 Å². The molecule has 2 heterocycles. The van der Waals surface area contributed by atoms with E-state index >= 15 is 0 Å². The van der Waals surface area contributed by atoms with E-state index in [1.54, 1.807) is 11.0 Å². The molecule has 1 aliphatic rings. The van der Waals surface area contributed by atoms with E-state index in [0.717, 1.165) is 24.0 Å². The van der Waals surface area contributed by atoms with Crippen molar-refractivity contribution in [3.8, 4) is 0 Å². The minimum absolute atomic E-state index is 0.0743. The summed E-state index contributed by atoms with van der Waals surface area (Å²) >= 11 is 1.38. The number of nitrogen functional groups attached to an aromatic ring is 1. The lowest BCUT2D eigenvalue weighted by Gasteiger charge is -2.32. The van der Waals surface area contributed by atoms with Crippen LogP contribution in [0.2, 0.25) is 0 Å². The predicted octanol–water partition coefficient (Wildman–Crippen LogP) is 0.793. The van der Waals surface area contributed by atoms with Crippen LogP contribution in [0.3, 0.4) is 0 Å². The summed E-state index contributed by atoms with van der Waals surface area (Å²) in [5, 5.41) is 0. The van der Waals surface area contributed by atoms with Crippen molar-refractivity contribution in [3.05, 3.63) is 15.8 Å². The van der Waals surface area contributed by atoms with Crippen molar-refractivity contribution in [1.29, 1.82) is 0 Å². The molecule has 6 nitrogen and oxygen atoms in total. The molecular formula is C12H19N3O3S2. The molecule has 1 aromatic rings. The molecule has 8 heteroatoms. The van der Waals surface area contributed by atoms with Gasteiger partial charge in [0.25, 0.3) is 5.91 Å². The van der Waals surface area contributed by atoms with Gasteiger partial charge in [0.05, 0.1) is 11.1 Å². The van der Waals surface area contributed by atoms with Gasteiger partial charge in [0.2, 0.25) is 10.0 Å². The number of rotatable bonds is 3. The molecule has 112 valence electrons. The molecule has 0 spiro atoms. The predicted molar refractivity (Wildman–Crippen MR) is 80.4 cm³/mol. The Bertz CT molecular complexity index is 590. The van der Waals surface area contributed by atoms with Crippen LogP contribution in [0, 0.1) is 6.92 Å². The number of amides is 1. The van der Waals surface area contributed by atoms with Gasteiger partial charge < -0.3 is 10.6 Å². The van der Waals surface area contributed by atoms with Crippen molar-refractivity contribution in [2.45, 2.75) is 25.8 Å². The Hall–Kier alpha value is -1.12. The Balaban J connectivity index is 2.07. The Morgan fingerprint density at radius 3 is 2.80 bits per heavy atom. The van der Waals surface area contributed by atoms with Crippen molar-refractivity contribution < 1.29 is 13.2 Å². The number of hydrogen-bond acceptors (Lipinski definition) is 5. The molecule has 1 aliphatic heterocycles. The summed E-state index contributed by atoms with van der Waals surface area (Å²) in [6, 6.07) is 1.48. The first-order valence-corrected chi connectivity index (χ1v) is 9.09. The SMILES string of the molecule is Cc1sc(C(=O)N2CCCC(NS(C)(=O)=O)C2)cc1N. The quantitative estimate of drug-likeness (QED) is 0.862. The van der Waals surface area contributed by atoms with Gasteiger partial charge in [0.15, 0.2) is 0 Å². The Labute approximate surface area is 123 Å². The number of nitrogens with zero attached hydrogens (tertiary/aromatic N) is 1. The molecule has 0 aliphatic carbocycles. The Morgan fingerprint density at radius 2 is 2.25 bits per heavy atom. The first kappa shape index (κ1) is 15.3. The zero-order chi connectivity index (χ0) is 14.9. The van der Waals surface area contributed by atoms with E-state index in [9.17, 15) is 13.2 Å². The third kappa shape index (κ3) is 3.71. The van der Waals surface area contributed by atoms with Gasteiger partial charge in [-0.15, -0.1) is 11.3 Å². The van der Waals surface area contributed by atoms with Crippen molar-refractivity contribution in [2.75, 3.05) is 25.1 Å². The van der Waals surface area contributed by atoms with E-state index in [-0.39, 0.29) is 11.9 Å². The van der Waals surface area contributed by atoms with E-state index in [1.807, 2.05) is 6.92 Å². The van der Waals surface area contributed by atoms with Gasteiger partial charge in [-0.05, 0) is 25.8 Å². The van der Waals surface area contributed by atoms with Crippen molar-refractivity contribution in [1.82, 2.24) is 9.62 Å². The number of sulfonamides is 1. The Morgan fingerprint density at radius 1 is 1.55 bits per heavy atom. The number of anilines is 1. The highest BCUT2D eigenvalue weighted by Gasteiger charge is 2.27. The number of nitrogens with one attached hydrogen (secondary N) is 1. The maximum absolute atomic E-state index is 12.4. The lowest BCUT2D eigenvalue weighted by molar-refractivity contribution is 0.0708. The second-order valence-corrected chi connectivity index (χ2v) is 8.14. The second-order valence-electron chi connectivity index (χ2n) is 5.10. The number of nitrogens with two attached hydrogens (primary N) is 1. The molecule has 3 N–H and O–H groups in total. The lowest BCUT2D eigenvalue weighted by Crippen LogP contribution is -2.49. The number of hydrogen-bond donors (Lipinski definition) is 2. The van der Waals surface area contributed by atoms with Crippen LogP contribution in [-0.2, 0) is 10.0 Å². The summed E-state index contributed by atoms with van der Waals surface area (Å²) in [4.78, 5) is 15.6. The van der Waals surface area contributed by atoms with E-state index < -0.39 is 10.0 Å². The molecule has 1 aromatic heterocycles. The molecule has 1 fully saturated rings. The standard InChI is InChI=1S/C12H19N3O3S2/c1-8-10(13)6-11(19-8)12(16)15-5-3-4-9(7-15)14-20(2,17)18/h6,9,14H,3-5,7,13H2,1-2H3. The van der Waals surface area contributed by atoms with E-state index in [4.69, 9.17) is 5.73 Å². The number of likely N-dealkylation sites (tertiary alicyclic amines) is 1. The summed E-state index contributed by atoms with van der Waals surface area (Å²) in [5.74, 6) is -0.0743. The molecule has 0 bridgehead atoms. The van der Waals surface area contributed by atoms with Crippen molar-refractivity contribution in [2.24, 2.45) is 0 Å². The van der Waals surface area contributed by atoms with Crippen LogP contribution in [0.4, 0.5) is 5.69 Å². The van der Waals surface area contributed by atoms with Gasteiger partial charge in [-0.3, -0.25) is 4.79 Å². The van der Waals surface area contributed by atoms with Crippen LogP contribution in [0.5, 0.6) is 0 Å². The second kappa shape index (κ2) is 5.71. The number of thiophene rings is 1. The molecule has 1 unspecified atom stereocenters. The molecule has 2 rings (SSSR count). The van der Waals surface area contributed by atoms with E-state index in [2.05, 4.69) is 4.72 Å². The zero-order valence-corrected chi connectivity index (χ0v) is 13.2. The summed E-state index contributed by atoms with van der Waals surface area (Å²) < 4.78 is 25.1. The molecule has 1 saturated heterocycles. The van der Waals surface area contributed by atoms with Gasteiger partial charge in [-0.25, -0.2) is 13.1 Å². The number of aryl methyl sites for hydroxylation is 1. The third-order valence-corrected chi connectivity index (χ3v) is 5.07. The van der Waals surface area contributed by atoms with Crippen LogP contribution in [0.15, 0.2) is 6.07 Å². The fourth-order valence-electron chi connectivity index (χ4n) is 2.32. The number of carbonyl (C=O) groups is 1. The third-order valence-electron chi connectivity index (χ3n) is 3.26. The van der Waals surface area contributed by atoms with E-state index in [1.165, 1.54) is 11.3 Å². The maximum atomic E-state index is 12.4. The smallest absolute Gasteiger partial charge is 0.264 e. The summed E-state index contributed by atoms with van der Waals surface area (Å²) in [7, 11) is -3.25. The van der Waals surface area contributed by atoms with Crippen LogP contribution < -0.4 is 10.5 Å². The summed E-state index contributed by atoms with van der Waals surface area (Å²) in [6.07, 6.45) is 2.68. The zero-order valence-electron chi connectivity index (χ0n) is 11.5. The first-order valence-electron chi connectivity index (χ1n) is 6.39. The van der Waals surface area contributed by atoms with Gasteiger partial charge in [0, 0.05) is 29.7 Å². The molecule has 20 heavy (non-hydrogen) atoms. The molecule has 0 aromatic carbocycles. The average molecular weight is 317 g/mol. The van der Waals surface area contributed by atoms with Crippen LogP contribution in [0.1, 0.15) is 27.4 Å².